The minimum atomic E-state index is 0.727. The lowest BCUT2D eigenvalue weighted by Crippen LogP contribution is -2.32. The molecule has 1 heterocycles. The highest BCUT2D eigenvalue weighted by atomic mass is 35.5. The lowest BCUT2D eigenvalue weighted by atomic mass is 10.2. The maximum atomic E-state index is 6.13. The highest BCUT2D eigenvalue weighted by molar-refractivity contribution is 7.99. The lowest BCUT2D eigenvalue weighted by molar-refractivity contribution is 0.859. The van der Waals surface area contributed by atoms with Crippen LogP contribution in [-0.2, 0) is 0 Å². The second kappa shape index (κ2) is 4.32. The smallest absolute Gasteiger partial charge is 0.0660 e. The van der Waals surface area contributed by atoms with Gasteiger partial charge >= 0.3 is 0 Å². The van der Waals surface area contributed by atoms with Gasteiger partial charge in [0.25, 0.3) is 0 Å². The molecule has 4 heteroatoms. The van der Waals surface area contributed by atoms with Crippen LogP contribution in [0.25, 0.3) is 0 Å². The van der Waals surface area contributed by atoms with Crippen molar-refractivity contribution in [2.75, 3.05) is 35.2 Å². The Balaban J connectivity index is 2.22. The van der Waals surface area contributed by atoms with E-state index in [0.29, 0.717) is 0 Å². The highest BCUT2D eigenvalue weighted by Crippen LogP contribution is 2.29. The summed E-state index contributed by atoms with van der Waals surface area (Å²) in [4.78, 5) is 2.32. The van der Waals surface area contributed by atoms with Gasteiger partial charge in [0.1, 0.15) is 0 Å². The van der Waals surface area contributed by atoms with E-state index in [9.17, 15) is 0 Å². The first-order valence-electron chi connectivity index (χ1n) is 4.65. The Kier molecular flexibility index (Phi) is 3.08. The summed E-state index contributed by atoms with van der Waals surface area (Å²) in [5, 5.41) is 0.761. The molecule has 2 nitrogen and oxygen atoms in total. The molecule has 1 aliphatic heterocycles. The van der Waals surface area contributed by atoms with Gasteiger partial charge in [0.05, 0.1) is 10.7 Å². The zero-order valence-corrected chi connectivity index (χ0v) is 9.44. The zero-order chi connectivity index (χ0) is 9.97. The summed E-state index contributed by atoms with van der Waals surface area (Å²) in [5.41, 5.74) is 7.49. The molecule has 2 rings (SSSR count). The molecule has 1 saturated heterocycles. The van der Waals surface area contributed by atoms with Crippen molar-refractivity contribution in [3.05, 3.63) is 23.2 Å². The molecule has 0 aliphatic carbocycles. The molecule has 0 amide bonds. The Labute approximate surface area is 93.4 Å². The molecule has 14 heavy (non-hydrogen) atoms. The molecule has 0 spiro atoms. The van der Waals surface area contributed by atoms with Crippen LogP contribution in [0.15, 0.2) is 18.2 Å². The normalized spacial score (nSPS) is 17.1. The monoisotopic (exact) mass is 228 g/mol. The molecular formula is C10H13ClN2S. The van der Waals surface area contributed by atoms with Crippen molar-refractivity contribution in [1.29, 1.82) is 0 Å². The van der Waals surface area contributed by atoms with E-state index < -0.39 is 0 Å². The Hall–Kier alpha value is -0.540. The summed E-state index contributed by atoms with van der Waals surface area (Å²) in [6, 6.07) is 5.73. The average molecular weight is 229 g/mol. The number of halogens is 1. The van der Waals surface area contributed by atoms with Crippen molar-refractivity contribution in [3.8, 4) is 0 Å². The number of rotatable bonds is 1. The van der Waals surface area contributed by atoms with Gasteiger partial charge in [0, 0.05) is 30.3 Å². The summed E-state index contributed by atoms with van der Waals surface area (Å²) in [6.07, 6.45) is 0. The second-order valence-electron chi connectivity index (χ2n) is 3.31. The topological polar surface area (TPSA) is 29.3 Å². The predicted octanol–water partition coefficient (Wildman–Crippen LogP) is 2.48. The van der Waals surface area contributed by atoms with Gasteiger partial charge in [-0.05, 0) is 18.2 Å². The van der Waals surface area contributed by atoms with Crippen LogP contribution in [0.4, 0.5) is 11.4 Å². The van der Waals surface area contributed by atoms with Crippen LogP contribution in [-0.4, -0.2) is 24.6 Å². The fourth-order valence-corrected chi connectivity index (χ4v) is 2.80. The number of nitrogen functional groups attached to an aromatic ring is 1. The molecule has 0 saturated carbocycles. The largest absolute Gasteiger partial charge is 0.399 e. The summed E-state index contributed by atoms with van der Waals surface area (Å²) in [7, 11) is 0. The molecule has 1 aromatic carbocycles. The molecular weight excluding hydrogens is 216 g/mol. The Morgan fingerprint density at radius 2 is 2.00 bits per heavy atom. The van der Waals surface area contributed by atoms with Crippen LogP contribution in [0.5, 0.6) is 0 Å². The van der Waals surface area contributed by atoms with E-state index in [4.69, 9.17) is 17.3 Å². The summed E-state index contributed by atoms with van der Waals surface area (Å²) in [6.45, 7) is 2.16. The fraction of sp³-hybridized carbons (Fsp3) is 0.400. The molecule has 0 bridgehead atoms. The van der Waals surface area contributed by atoms with Gasteiger partial charge in [-0.25, -0.2) is 0 Å². The number of hydrogen-bond donors (Lipinski definition) is 1. The van der Waals surface area contributed by atoms with E-state index in [1.807, 2.05) is 30.0 Å². The first-order chi connectivity index (χ1) is 6.77. The molecule has 1 aliphatic rings. The molecule has 0 atom stereocenters. The minimum absolute atomic E-state index is 0.727. The number of hydrogen-bond acceptors (Lipinski definition) is 3. The van der Waals surface area contributed by atoms with Crippen molar-refractivity contribution < 1.29 is 0 Å². The second-order valence-corrected chi connectivity index (χ2v) is 4.94. The first-order valence-corrected chi connectivity index (χ1v) is 6.18. The summed E-state index contributed by atoms with van der Waals surface area (Å²) in [5.74, 6) is 2.36. The number of nitrogens with two attached hydrogens (primary N) is 1. The van der Waals surface area contributed by atoms with E-state index in [0.717, 1.165) is 29.5 Å². The number of benzene rings is 1. The van der Waals surface area contributed by atoms with Gasteiger partial charge in [-0.2, -0.15) is 11.8 Å². The Bertz CT molecular complexity index is 324. The van der Waals surface area contributed by atoms with Crippen LogP contribution in [0, 0.1) is 0 Å². The van der Waals surface area contributed by atoms with Crippen molar-refractivity contribution >= 4 is 34.7 Å². The van der Waals surface area contributed by atoms with Crippen molar-refractivity contribution in [1.82, 2.24) is 0 Å². The van der Waals surface area contributed by atoms with E-state index in [-0.39, 0.29) is 0 Å². The van der Waals surface area contributed by atoms with Crippen molar-refractivity contribution in [2.45, 2.75) is 0 Å². The molecule has 0 radical (unpaired) electrons. The van der Waals surface area contributed by atoms with E-state index >= 15 is 0 Å². The third kappa shape index (κ3) is 2.10. The number of nitrogens with zero attached hydrogens (tertiary/aromatic N) is 1. The van der Waals surface area contributed by atoms with Crippen LogP contribution in [0.2, 0.25) is 5.02 Å². The van der Waals surface area contributed by atoms with Crippen molar-refractivity contribution in [3.63, 3.8) is 0 Å². The summed E-state index contributed by atoms with van der Waals surface area (Å²) >= 11 is 8.13. The minimum Gasteiger partial charge on any atom is -0.399 e. The zero-order valence-electron chi connectivity index (χ0n) is 7.87. The summed E-state index contributed by atoms with van der Waals surface area (Å²) < 4.78 is 0. The lowest BCUT2D eigenvalue weighted by Gasteiger charge is -2.29. The van der Waals surface area contributed by atoms with Crippen LogP contribution < -0.4 is 10.6 Å². The van der Waals surface area contributed by atoms with Crippen LogP contribution >= 0.6 is 23.4 Å². The van der Waals surface area contributed by atoms with Gasteiger partial charge in [-0.1, -0.05) is 11.6 Å². The standard InChI is InChI=1S/C10H13ClN2S/c11-9-7-8(12)1-2-10(9)13-3-5-14-6-4-13/h1-2,7H,3-6,12H2. The van der Waals surface area contributed by atoms with Crippen LogP contribution in [0.1, 0.15) is 0 Å². The SMILES string of the molecule is Nc1ccc(N2CCSCC2)c(Cl)c1. The number of anilines is 2. The van der Waals surface area contributed by atoms with E-state index in [2.05, 4.69) is 4.90 Å². The third-order valence-corrected chi connectivity index (χ3v) is 3.57. The van der Waals surface area contributed by atoms with Gasteiger partial charge in [0.2, 0.25) is 0 Å². The quantitative estimate of drug-likeness (QED) is 0.749. The maximum absolute atomic E-state index is 6.13. The molecule has 2 N–H and O–H groups in total. The number of thioether (sulfide) groups is 1. The van der Waals surface area contributed by atoms with Gasteiger partial charge in [-0.15, -0.1) is 0 Å². The average Bonchev–Trinajstić information content (AvgIpc) is 2.19. The highest BCUT2D eigenvalue weighted by Gasteiger charge is 2.13. The van der Waals surface area contributed by atoms with E-state index in [1.165, 1.54) is 11.5 Å². The molecule has 1 aromatic rings. The Morgan fingerprint density at radius 3 is 2.64 bits per heavy atom. The predicted molar refractivity (Wildman–Crippen MR) is 65.4 cm³/mol. The molecule has 76 valence electrons. The van der Waals surface area contributed by atoms with Gasteiger partial charge in [0.15, 0.2) is 0 Å². The molecule has 1 fully saturated rings. The third-order valence-electron chi connectivity index (χ3n) is 2.32. The van der Waals surface area contributed by atoms with Crippen LogP contribution in [0.3, 0.4) is 0 Å². The van der Waals surface area contributed by atoms with Crippen molar-refractivity contribution in [2.24, 2.45) is 0 Å². The fourth-order valence-electron chi connectivity index (χ4n) is 1.58. The van der Waals surface area contributed by atoms with Gasteiger partial charge in [-0.3, -0.25) is 0 Å². The Morgan fingerprint density at radius 1 is 1.29 bits per heavy atom. The van der Waals surface area contributed by atoms with E-state index in [1.54, 1.807) is 0 Å². The molecule has 0 unspecified atom stereocenters. The maximum Gasteiger partial charge on any atom is 0.0660 e. The van der Waals surface area contributed by atoms with Gasteiger partial charge < -0.3 is 10.6 Å². The molecule has 0 aromatic heterocycles. The first kappa shape index (κ1) is 9.99.